The summed E-state index contributed by atoms with van der Waals surface area (Å²) < 4.78 is 0. The quantitative estimate of drug-likeness (QED) is 0.587. The van der Waals surface area contributed by atoms with E-state index in [0.717, 1.165) is 33.9 Å². The molecule has 1 unspecified atom stereocenters. The Morgan fingerprint density at radius 1 is 1.14 bits per heavy atom. The van der Waals surface area contributed by atoms with E-state index < -0.39 is 0 Å². The smallest absolute Gasteiger partial charge is 0.323 e. The molecular weight excluding hydrogens is 462 g/mol. The van der Waals surface area contributed by atoms with Gasteiger partial charge in [-0.3, -0.25) is 20.0 Å². The number of rotatable bonds is 3. The molecule has 0 radical (unpaired) electrons. The molecule has 0 bridgehead atoms. The zero-order valence-corrected chi connectivity index (χ0v) is 20.4. The van der Waals surface area contributed by atoms with Gasteiger partial charge in [0.2, 0.25) is 5.91 Å². The van der Waals surface area contributed by atoms with Crippen LogP contribution in [0.15, 0.2) is 36.4 Å². The minimum atomic E-state index is -0.317. The Labute approximate surface area is 207 Å². The Kier molecular flexibility index (Phi) is 6.19. The molecule has 178 valence electrons. The molecule has 1 aromatic carbocycles. The van der Waals surface area contributed by atoms with Gasteiger partial charge in [-0.25, -0.2) is 9.78 Å². The third kappa shape index (κ3) is 4.73. The normalized spacial score (nSPS) is 17.9. The number of piperazine rings is 2. The lowest BCUT2D eigenvalue weighted by Crippen LogP contribution is -2.64. The third-order valence-electron chi connectivity index (χ3n) is 6.23. The van der Waals surface area contributed by atoms with Crippen LogP contribution in [0.25, 0.3) is 21.7 Å². The van der Waals surface area contributed by atoms with Crippen LogP contribution in [0.1, 0.15) is 17.0 Å². The van der Waals surface area contributed by atoms with Crippen LogP contribution in [0, 0.1) is 25.2 Å². The molecule has 1 atom stereocenters. The Balaban J connectivity index is 1.45. The van der Waals surface area contributed by atoms with E-state index in [2.05, 4.69) is 26.6 Å². The van der Waals surface area contributed by atoms with Crippen molar-refractivity contribution in [2.75, 3.05) is 38.0 Å². The van der Waals surface area contributed by atoms with Crippen LogP contribution in [-0.4, -0.2) is 70.5 Å². The topological polar surface area (TPSA) is 114 Å². The first-order valence-corrected chi connectivity index (χ1v) is 12.3. The summed E-state index contributed by atoms with van der Waals surface area (Å²) in [6, 6.07) is 12.8. The number of aryl methyl sites for hydroxylation is 2. The van der Waals surface area contributed by atoms with Crippen molar-refractivity contribution in [1.82, 2.24) is 25.1 Å². The summed E-state index contributed by atoms with van der Waals surface area (Å²) in [6.45, 7) is 6.89. The van der Waals surface area contributed by atoms with Crippen molar-refractivity contribution in [3.8, 4) is 27.8 Å². The number of pyridine rings is 1. The van der Waals surface area contributed by atoms with E-state index >= 15 is 0 Å². The van der Waals surface area contributed by atoms with Crippen LogP contribution in [-0.2, 0) is 4.79 Å². The Bertz CT molecular complexity index is 1330. The second-order valence-electron chi connectivity index (χ2n) is 8.75. The highest BCUT2D eigenvalue weighted by molar-refractivity contribution is 7.19. The summed E-state index contributed by atoms with van der Waals surface area (Å²) in [6.07, 6.45) is 0. The number of carbonyl (C=O) groups is 2. The number of thiazole rings is 1. The maximum Gasteiger partial charge on any atom is 0.323 e. The molecule has 3 aromatic rings. The zero-order valence-electron chi connectivity index (χ0n) is 19.5. The Morgan fingerprint density at radius 3 is 2.71 bits per heavy atom. The molecule has 2 aromatic heterocycles. The summed E-state index contributed by atoms with van der Waals surface area (Å²) in [7, 11) is 0. The first-order valence-electron chi connectivity index (χ1n) is 11.5. The molecule has 2 saturated heterocycles. The summed E-state index contributed by atoms with van der Waals surface area (Å²) in [5, 5.41) is 15.7. The van der Waals surface area contributed by atoms with Crippen LogP contribution >= 0.6 is 11.3 Å². The highest BCUT2D eigenvalue weighted by Gasteiger charge is 2.36. The molecule has 2 aliphatic heterocycles. The van der Waals surface area contributed by atoms with Crippen LogP contribution in [0.2, 0.25) is 0 Å². The SMILES string of the molecule is Cc1cc(-c2sc(NC(=O)N3CCN4CCNC(=O)C4C3)nc2-c2cccc(C#N)c2)cc(C)n1. The fourth-order valence-corrected chi connectivity index (χ4v) is 5.56. The van der Waals surface area contributed by atoms with E-state index in [-0.39, 0.29) is 18.0 Å². The maximum absolute atomic E-state index is 13.1. The minimum absolute atomic E-state index is 0.0339. The van der Waals surface area contributed by atoms with Gasteiger partial charge >= 0.3 is 6.03 Å². The Hall–Kier alpha value is -3.81. The lowest BCUT2D eigenvalue weighted by Gasteiger charge is -2.42. The molecule has 0 saturated carbocycles. The molecule has 3 amide bonds. The first-order chi connectivity index (χ1) is 16.9. The first kappa shape index (κ1) is 23.0. The van der Waals surface area contributed by atoms with Gasteiger partial charge in [-0.1, -0.05) is 23.5 Å². The van der Waals surface area contributed by atoms with Gasteiger partial charge in [-0.2, -0.15) is 5.26 Å². The van der Waals surface area contributed by atoms with Crippen LogP contribution in [0.4, 0.5) is 9.93 Å². The number of nitrogens with zero attached hydrogens (tertiary/aromatic N) is 5. The van der Waals surface area contributed by atoms with Gasteiger partial charge in [0.15, 0.2) is 5.13 Å². The highest BCUT2D eigenvalue weighted by Crippen LogP contribution is 2.39. The summed E-state index contributed by atoms with van der Waals surface area (Å²) in [5.74, 6) is -0.0339. The number of carbonyl (C=O) groups excluding carboxylic acids is 2. The van der Waals surface area contributed by atoms with Crippen LogP contribution in [0.5, 0.6) is 0 Å². The van der Waals surface area contributed by atoms with Crippen LogP contribution < -0.4 is 10.6 Å². The van der Waals surface area contributed by atoms with Crippen molar-refractivity contribution in [1.29, 1.82) is 5.26 Å². The zero-order chi connectivity index (χ0) is 24.5. The number of anilines is 1. The summed E-state index contributed by atoms with van der Waals surface area (Å²) in [4.78, 5) is 39.3. The predicted molar refractivity (Wildman–Crippen MR) is 134 cm³/mol. The third-order valence-corrected chi connectivity index (χ3v) is 7.25. The number of hydrogen-bond acceptors (Lipinski definition) is 7. The molecule has 9 nitrogen and oxygen atoms in total. The Morgan fingerprint density at radius 2 is 1.94 bits per heavy atom. The van der Waals surface area contributed by atoms with Gasteiger partial charge in [0, 0.05) is 49.7 Å². The largest absolute Gasteiger partial charge is 0.353 e. The standard InChI is InChI=1S/C25H25N7O2S/c1-15-10-19(11-16(2)28-15)22-21(18-5-3-4-17(12-18)13-26)29-24(35-22)30-25(34)32-9-8-31-7-6-27-23(33)20(31)14-32/h3-5,10-12,20H,6-9,14H2,1-2H3,(H,27,33)(H,29,30,34). The van der Waals surface area contributed by atoms with E-state index in [1.807, 2.05) is 38.1 Å². The number of amides is 3. The van der Waals surface area contributed by atoms with Gasteiger partial charge in [-0.05, 0) is 43.7 Å². The monoisotopic (exact) mass is 487 g/mol. The minimum Gasteiger partial charge on any atom is -0.353 e. The molecule has 0 aliphatic carbocycles. The number of hydrogen-bond donors (Lipinski definition) is 2. The van der Waals surface area contributed by atoms with Crippen molar-refractivity contribution in [2.45, 2.75) is 19.9 Å². The molecule has 0 spiro atoms. The average molecular weight is 488 g/mol. The number of urea groups is 1. The van der Waals surface area contributed by atoms with Gasteiger partial charge in [0.05, 0.1) is 22.2 Å². The van der Waals surface area contributed by atoms with E-state index in [9.17, 15) is 14.9 Å². The number of nitriles is 1. The van der Waals surface area contributed by atoms with Crippen LogP contribution in [0.3, 0.4) is 0 Å². The number of nitrogens with one attached hydrogen (secondary N) is 2. The highest BCUT2D eigenvalue weighted by atomic mass is 32.1. The van der Waals surface area contributed by atoms with E-state index in [1.54, 1.807) is 17.0 Å². The van der Waals surface area contributed by atoms with Crippen molar-refractivity contribution in [3.63, 3.8) is 0 Å². The predicted octanol–water partition coefficient (Wildman–Crippen LogP) is 3.01. The van der Waals surface area contributed by atoms with Gasteiger partial charge < -0.3 is 10.2 Å². The molecule has 4 heterocycles. The van der Waals surface area contributed by atoms with Gasteiger partial charge in [0.25, 0.3) is 0 Å². The van der Waals surface area contributed by atoms with Crippen molar-refractivity contribution in [2.24, 2.45) is 0 Å². The molecule has 2 fully saturated rings. The lowest BCUT2D eigenvalue weighted by atomic mass is 10.0. The molecule has 35 heavy (non-hydrogen) atoms. The second-order valence-corrected chi connectivity index (χ2v) is 9.75. The summed E-state index contributed by atoms with van der Waals surface area (Å²) >= 11 is 1.38. The molecular formula is C25H25N7O2S. The van der Waals surface area contributed by atoms with E-state index in [0.29, 0.717) is 42.6 Å². The van der Waals surface area contributed by atoms with Crippen molar-refractivity contribution < 1.29 is 9.59 Å². The van der Waals surface area contributed by atoms with Crippen molar-refractivity contribution >= 4 is 28.4 Å². The number of aromatic nitrogens is 2. The molecule has 10 heteroatoms. The number of fused-ring (bicyclic) bond motifs is 1. The van der Waals surface area contributed by atoms with Crippen molar-refractivity contribution in [3.05, 3.63) is 53.3 Å². The van der Waals surface area contributed by atoms with E-state index in [1.165, 1.54) is 11.3 Å². The second kappa shape index (κ2) is 9.44. The molecule has 5 rings (SSSR count). The van der Waals surface area contributed by atoms with Gasteiger partial charge in [-0.15, -0.1) is 0 Å². The van der Waals surface area contributed by atoms with Gasteiger partial charge in [0.1, 0.15) is 6.04 Å². The van der Waals surface area contributed by atoms with E-state index in [4.69, 9.17) is 4.98 Å². The fraction of sp³-hybridized carbons (Fsp3) is 0.320. The summed E-state index contributed by atoms with van der Waals surface area (Å²) in [5.41, 5.74) is 4.77. The maximum atomic E-state index is 13.1. The lowest BCUT2D eigenvalue weighted by molar-refractivity contribution is -0.131. The molecule has 2 aliphatic rings. The number of benzene rings is 1. The molecule has 2 N–H and O–H groups in total. The average Bonchev–Trinajstić information content (AvgIpc) is 3.27. The fourth-order valence-electron chi connectivity index (χ4n) is 4.60.